The molecule has 4 nitrogen and oxygen atoms in total. The maximum absolute atomic E-state index is 13.7. The fourth-order valence-corrected chi connectivity index (χ4v) is 4.05. The Morgan fingerprint density at radius 2 is 2.10 bits per heavy atom. The molecular formula is C15H23FN2O2S. The van der Waals surface area contributed by atoms with Crippen molar-refractivity contribution in [2.75, 3.05) is 6.54 Å². The third-order valence-electron chi connectivity index (χ3n) is 3.91. The summed E-state index contributed by atoms with van der Waals surface area (Å²) in [7, 11) is -3.58. The van der Waals surface area contributed by atoms with Crippen LogP contribution >= 0.6 is 0 Å². The third kappa shape index (κ3) is 4.25. The lowest BCUT2D eigenvalue weighted by atomic mass is 10.1. The minimum Gasteiger partial charge on any atom is -0.313 e. The van der Waals surface area contributed by atoms with E-state index in [-0.39, 0.29) is 16.8 Å². The van der Waals surface area contributed by atoms with Gasteiger partial charge >= 0.3 is 0 Å². The zero-order valence-corrected chi connectivity index (χ0v) is 13.3. The number of halogens is 1. The van der Waals surface area contributed by atoms with Crippen LogP contribution < -0.4 is 10.0 Å². The summed E-state index contributed by atoms with van der Waals surface area (Å²) in [5.41, 5.74) is 0.375. The van der Waals surface area contributed by atoms with E-state index < -0.39 is 10.0 Å². The van der Waals surface area contributed by atoms with Crippen LogP contribution in [0.15, 0.2) is 23.1 Å². The molecule has 1 fully saturated rings. The van der Waals surface area contributed by atoms with Crippen molar-refractivity contribution >= 4 is 10.0 Å². The lowest BCUT2D eigenvalue weighted by Crippen LogP contribution is -2.33. The first-order valence-electron chi connectivity index (χ1n) is 7.44. The molecule has 0 saturated heterocycles. The van der Waals surface area contributed by atoms with Crippen molar-refractivity contribution in [2.45, 2.75) is 50.6 Å². The Bertz CT molecular complexity index is 589. The SMILES string of the molecule is CCNCc1cc(S(=O)(=O)NC2CCC(C)C2)ccc1F. The molecule has 0 aliphatic heterocycles. The summed E-state index contributed by atoms with van der Waals surface area (Å²) in [4.78, 5) is 0.136. The molecule has 1 saturated carbocycles. The van der Waals surface area contributed by atoms with Gasteiger partial charge in [0, 0.05) is 18.2 Å². The van der Waals surface area contributed by atoms with Crippen molar-refractivity contribution in [3.05, 3.63) is 29.6 Å². The number of hydrogen-bond donors (Lipinski definition) is 2. The van der Waals surface area contributed by atoms with Crippen molar-refractivity contribution < 1.29 is 12.8 Å². The van der Waals surface area contributed by atoms with Crippen LogP contribution in [0.3, 0.4) is 0 Å². The minimum absolute atomic E-state index is 0.00716. The molecule has 2 unspecified atom stereocenters. The van der Waals surface area contributed by atoms with E-state index in [1.807, 2.05) is 6.92 Å². The first kappa shape index (κ1) is 16.4. The maximum Gasteiger partial charge on any atom is 0.240 e. The van der Waals surface area contributed by atoms with Crippen molar-refractivity contribution in [2.24, 2.45) is 5.92 Å². The zero-order valence-electron chi connectivity index (χ0n) is 12.5. The van der Waals surface area contributed by atoms with Gasteiger partial charge in [0.25, 0.3) is 0 Å². The molecule has 0 radical (unpaired) electrons. The predicted molar refractivity (Wildman–Crippen MR) is 80.9 cm³/mol. The highest BCUT2D eigenvalue weighted by atomic mass is 32.2. The summed E-state index contributed by atoms with van der Waals surface area (Å²) in [5, 5.41) is 3.01. The van der Waals surface area contributed by atoms with Gasteiger partial charge in [0.1, 0.15) is 5.82 Å². The number of hydrogen-bond acceptors (Lipinski definition) is 3. The molecule has 0 amide bonds. The van der Waals surface area contributed by atoms with Crippen LogP contribution in [0.4, 0.5) is 4.39 Å². The average Bonchev–Trinajstić information content (AvgIpc) is 2.82. The fourth-order valence-electron chi connectivity index (χ4n) is 2.72. The maximum atomic E-state index is 13.7. The molecule has 1 aliphatic carbocycles. The largest absolute Gasteiger partial charge is 0.313 e. The Morgan fingerprint density at radius 3 is 2.71 bits per heavy atom. The topological polar surface area (TPSA) is 58.2 Å². The van der Waals surface area contributed by atoms with Crippen LogP contribution in [-0.4, -0.2) is 21.0 Å². The molecular weight excluding hydrogens is 291 g/mol. The summed E-state index contributed by atoms with van der Waals surface area (Å²) in [6.07, 6.45) is 2.78. The van der Waals surface area contributed by atoms with E-state index in [2.05, 4.69) is 17.0 Å². The lowest BCUT2D eigenvalue weighted by molar-refractivity contribution is 0.537. The fraction of sp³-hybridized carbons (Fsp3) is 0.600. The third-order valence-corrected chi connectivity index (χ3v) is 5.43. The molecule has 0 bridgehead atoms. The molecule has 0 aromatic heterocycles. The van der Waals surface area contributed by atoms with Gasteiger partial charge in [-0.15, -0.1) is 0 Å². The Hall–Kier alpha value is -0.980. The molecule has 0 heterocycles. The van der Waals surface area contributed by atoms with Gasteiger partial charge in [-0.2, -0.15) is 0 Å². The summed E-state index contributed by atoms with van der Waals surface area (Å²) in [5.74, 6) is 0.166. The number of benzene rings is 1. The monoisotopic (exact) mass is 314 g/mol. The smallest absolute Gasteiger partial charge is 0.240 e. The second-order valence-electron chi connectivity index (χ2n) is 5.77. The van der Waals surface area contributed by atoms with E-state index >= 15 is 0 Å². The van der Waals surface area contributed by atoms with Gasteiger partial charge in [-0.3, -0.25) is 0 Å². The number of sulfonamides is 1. The van der Waals surface area contributed by atoms with E-state index in [9.17, 15) is 12.8 Å². The van der Waals surface area contributed by atoms with E-state index in [4.69, 9.17) is 0 Å². The second-order valence-corrected chi connectivity index (χ2v) is 7.48. The van der Waals surface area contributed by atoms with E-state index in [0.29, 0.717) is 24.6 Å². The summed E-state index contributed by atoms with van der Waals surface area (Å²) in [6.45, 7) is 5.07. The van der Waals surface area contributed by atoms with Gasteiger partial charge in [0.15, 0.2) is 0 Å². The summed E-state index contributed by atoms with van der Waals surface area (Å²) >= 11 is 0. The number of nitrogens with one attached hydrogen (secondary N) is 2. The second kappa shape index (κ2) is 6.85. The molecule has 6 heteroatoms. The van der Waals surface area contributed by atoms with Crippen LogP contribution in [-0.2, 0) is 16.6 Å². The Labute approximate surface area is 126 Å². The van der Waals surface area contributed by atoms with Crippen molar-refractivity contribution in [1.29, 1.82) is 0 Å². The van der Waals surface area contributed by atoms with Gasteiger partial charge < -0.3 is 5.32 Å². The van der Waals surface area contributed by atoms with Gasteiger partial charge in [-0.1, -0.05) is 13.8 Å². The van der Waals surface area contributed by atoms with Crippen LogP contribution in [0.5, 0.6) is 0 Å². The van der Waals surface area contributed by atoms with E-state index in [0.717, 1.165) is 19.3 Å². The van der Waals surface area contributed by atoms with Gasteiger partial charge in [-0.05, 0) is 49.9 Å². The number of rotatable bonds is 6. The molecule has 0 spiro atoms. The zero-order chi connectivity index (χ0) is 15.5. The summed E-state index contributed by atoms with van der Waals surface area (Å²) in [6, 6.07) is 3.95. The van der Waals surface area contributed by atoms with Crippen molar-refractivity contribution in [3.8, 4) is 0 Å². The first-order valence-corrected chi connectivity index (χ1v) is 8.92. The molecule has 118 valence electrons. The van der Waals surface area contributed by atoms with Crippen LogP contribution in [0, 0.1) is 11.7 Å². The first-order chi connectivity index (χ1) is 9.92. The lowest BCUT2D eigenvalue weighted by Gasteiger charge is -2.14. The molecule has 1 aromatic carbocycles. The van der Waals surface area contributed by atoms with E-state index in [1.54, 1.807) is 0 Å². The Morgan fingerprint density at radius 1 is 1.33 bits per heavy atom. The molecule has 1 aromatic rings. The predicted octanol–water partition coefficient (Wildman–Crippen LogP) is 2.40. The Kier molecular flexibility index (Phi) is 5.35. The highest BCUT2D eigenvalue weighted by molar-refractivity contribution is 7.89. The van der Waals surface area contributed by atoms with Crippen molar-refractivity contribution in [1.82, 2.24) is 10.0 Å². The quantitative estimate of drug-likeness (QED) is 0.848. The molecule has 2 N–H and O–H groups in total. The van der Waals surface area contributed by atoms with Gasteiger partial charge in [0.05, 0.1) is 4.90 Å². The van der Waals surface area contributed by atoms with Gasteiger partial charge in [0.2, 0.25) is 10.0 Å². The molecule has 2 rings (SSSR count). The standard InChI is InChI=1S/C15H23FN2O2S/c1-3-17-10-12-9-14(6-7-15(12)16)21(19,20)18-13-5-4-11(2)8-13/h6-7,9,11,13,17-18H,3-5,8,10H2,1-2H3. The molecule has 21 heavy (non-hydrogen) atoms. The van der Waals surface area contributed by atoms with Gasteiger partial charge in [-0.25, -0.2) is 17.5 Å². The van der Waals surface area contributed by atoms with Crippen LogP contribution in [0.25, 0.3) is 0 Å². The average molecular weight is 314 g/mol. The summed E-state index contributed by atoms with van der Waals surface area (Å²) < 4.78 is 41.2. The highest BCUT2D eigenvalue weighted by Crippen LogP contribution is 2.26. The van der Waals surface area contributed by atoms with Crippen LogP contribution in [0.2, 0.25) is 0 Å². The molecule has 2 atom stereocenters. The highest BCUT2D eigenvalue weighted by Gasteiger charge is 2.26. The van der Waals surface area contributed by atoms with E-state index in [1.165, 1.54) is 18.2 Å². The Balaban J connectivity index is 2.15. The van der Waals surface area contributed by atoms with Crippen LogP contribution in [0.1, 0.15) is 38.7 Å². The minimum atomic E-state index is -3.58. The van der Waals surface area contributed by atoms with Crippen molar-refractivity contribution in [3.63, 3.8) is 0 Å². The molecule has 1 aliphatic rings. The normalized spacial score (nSPS) is 22.6.